The number of aliphatic imine (C=N–C) groups is 1. The van der Waals surface area contributed by atoms with Crippen molar-refractivity contribution >= 4 is 57.8 Å². The number of nitrogens with one attached hydrogen (secondary N) is 1. The summed E-state index contributed by atoms with van der Waals surface area (Å²) in [5, 5.41) is 2.89. The van der Waals surface area contributed by atoms with E-state index in [1.807, 2.05) is 0 Å². The van der Waals surface area contributed by atoms with Crippen LogP contribution in [0.4, 0.5) is 18.9 Å². The Morgan fingerprint density at radius 1 is 1.12 bits per heavy atom. The highest BCUT2D eigenvalue weighted by Crippen LogP contribution is 2.39. The van der Waals surface area contributed by atoms with Crippen molar-refractivity contribution in [3.05, 3.63) is 68.5 Å². The first-order chi connectivity index (χ1) is 12.2. The third-order valence-corrected chi connectivity index (χ3v) is 4.82. The minimum absolute atomic E-state index is 0.0427. The van der Waals surface area contributed by atoms with Crippen molar-refractivity contribution in [3.63, 3.8) is 0 Å². The predicted molar refractivity (Wildman–Crippen MR) is 98.7 cm³/mol. The van der Waals surface area contributed by atoms with Gasteiger partial charge in [-0.05, 0) is 47.7 Å². The van der Waals surface area contributed by atoms with Crippen LogP contribution < -0.4 is 5.32 Å². The summed E-state index contributed by atoms with van der Waals surface area (Å²) in [4.78, 5) is 16.3. The van der Waals surface area contributed by atoms with Crippen molar-refractivity contribution < 1.29 is 18.0 Å². The van der Waals surface area contributed by atoms with Gasteiger partial charge in [0.15, 0.2) is 5.17 Å². The van der Waals surface area contributed by atoms with Crippen LogP contribution in [0.5, 0.6) is 0 Å². The second-order valence-corrected chi connectivity index (χ2v) is 7.04. The number of carbonyl (C=O) groups is 1. The third-order valence-electron chi connectivity index (χ3n) is 3.33. The summed E-state index contributed by atoms with van der Waals surface area (Å²) >= 11 is 12.6. The summed E-state index contributed by atoms with van der Waals surface area (Å²) < 4.78 is 39.4. The molecule has 1 amide bonds. The van der Waals surface area contributed by atoms with Crippen LogP contribution in [0.1, 0.15) is 11.1 Å². The fourth-order valence-electron chi connectivity index (χ4n) is 2.16. The van der Waals surface area contributed by atoms with Crippen LogP contribution in [-0.4, -0.2) is 11.1 Å². The quantitative estimate of drug-likeness (QED) is 0.618. The van der Waals surface area contributed by atoms with E-state index >= 15 is 0 Å². The maximum absolute atomic E-state index is 13.1. The fourth-order valence-corrected chi connectivity index (χ4v) is 3.34. The average Bonchev–Trinajstić information content (AvgIpc) is 2.90. The summed E-state index contributed by atoms with van der Waals surface area (Å²) in [5.41, 5.74) is -0.685. The van der Waals surface area contributed by atoms with Crippen molar-refractivity contribution in [2.24, 2.45) is 4.99 Å². The fraction of sp³-hybridized carbons (Fsp3) is 0.0588. The zero-order chi connectivity index (χ0) is 18.9. The Hall–Kier alpha value is -1.96. The van der Waals surface area contributed by atoms with Gasteiger partial charge in [0.25, 0.3) is 5.91 Å². The monoisotopic (exact) mass is 416 g/mol. The number of benzene rings is 2. The molecule has 2 aromatic carbocycles. The molecule has 0 radical (unpaired) electrons. The maximum atomic E-state index is 13.1. The number of nitrogens with zero attached hydrogens (tertiary/aromatic N) is 1. The van der Waals surface area contributed by atoms with Gasteiger partial charge in [0.1, 0.15) is 0 Å². The van der Waals surface area contributed by atoms with Crippen molar-refractivity contribution in [3.8, 4) is 0 Å². The van der Waals surface area contributed by atoms with Gasteiger partial charge in [-0.1, -0.05) is 41.4 Å². The Morgan fingerprint density at radius 2 is 1.85 bits per heavy atom. The van der Waals surface area contributed by atoms with Crippen LogP contribution in [-0.2, 0) is 11.0 Å². The maximum Gasteiger partial charge on any atom is 0.418 e. The lowest BCUT2D eigenvalue weighted by Crippen LogP contribution is -2.19. The first-order valence-electron chi connectivity index (χ1n) is 7.15. The molecule has 1 aliphatic rings. The second kappa shape index (κ2) is 7.34. The number of amidine groups is 1. The van der Waals surface area contributed by atoms with Crippen LogP contribution in [0.3, 0.4) is 0 Å². The molecular weight excluding hydrogens is 408 g/mol. The first-order valence-corrected chi connectivity index (χ1v) is 8.72. The number of halogens is 5. The molecule has 3 rings (SSSR count). The van der Waals surface area contributed by atoms with E-state index in [0.29, 0.717) is 10.6 Å². The highest BCUT2D eigenvalue weighted by atomic mass is 35.5. The lowest BCUT2D eigenvalue weighted by Gasteiger charge is -2.10. The molecule has 0 saturated carbocycles. The molecule has 0 aromatic heterocycles. The van der Waals surface area contributed by atoms with Gasteiger partial charge in [-0.2, -0.15) is 13.2 Å². The smallest absolute Gasteiger partial charge is 0.300 e. The van der Waals surface area contributed by atoms with E-state index in [1.165, 1.54) is 6.07 Å². The SMILES string of the molecule is O=C1NC(=Nc2ccc(Cl)cc2C(F)(F)F)S/C1=C\c1ccccc1Cl. The standard InChI is InChI=1S/C17H9Cl2F3N2OS/c18-10-5-6-13(11(8-10)17(20,21)22)23-16-24-15(25)14(26-16)7-9-3-1-2-4-12(9)19/h1-8H,(H,23,24,25)/b14-7-. The van der Waals surface area contributed by atoms with Crippen LogP contribution in [0.25, 0.3) is 6.08 Å². The van der Waals surface area contributed by atoms with E-state index in [-0.39, 0.29) is 20.8 Å². The highest BCUT2D eigenvalue weighted by Gasteiger charge is 2.34. The Balaban J connectivity index is 1.94. The molecule has 1 fully saturated rings. The van der Waals surface area contributed by atoms with E-state index in [0.717, 1.165) is 23.9 Å². The molecule has 1 N–H and O–H groups in total. The van der Waals surface area contributed by atoms with Crippen LogP contribution in [0.2, 0.25) is 10.0 Å². The molecule has 26 heavy (non-hydrogen) atoms. The lowest BCUT2D eigenvalue weighted by molar-refractivity contribution is -0.137. The molecular formula is C17H9Cl2F3N2OS. The Labute approximate surface area is 160 Å². The van der Waals surface area contributed by atoms with E-state index in [1.54, 1.807) is 30.3 Å². The van der Waals surface area contributed by atoms with Gasteiger partial charge in [0, 0.05) is 10.0 Å². The van der Waals surface area contributed by atoms with Gasteiger partial charge < -0.3 is 5.32 Å². The van der Waals surface area contributed by atoms with Gasteiger partial charge in [0.05, 0.1) is 16.2 Å². The van der Waals surface area contributed by atoms with Crippen molar-refractivity contribution in [2.45, 2.75) is 6.18 Å². The molecule has 9 heteroatoms. The summed E-state index contributed by atoms with van der Waals surface area (Å²) in [6.07, 6.45) is -3.06. The Kier molecular flexibility index (Phi) is 5.32. The molecule has 0 bridgehead atoms. The number of rotatable bonds is 2. The second-order valence-electron chi connectivity index (χ2n) is 5.16. The highest BCUT2D eigenvalue weighted by molar-refractivity contribution is 8.18. The van der Waals surface area contributed by atoms with Crippen LogP contribution in [0.15, 0.2) is 52.4 Å². The van der Waals surface area contributed by atoms with E-state index < -0.39 is 17.6 Å². The number of amides is 1. The zero-order valence-corrected chi connectivity index (χ0v) is 15.1. The van der Waals surface area contributed by atoms with Crippen molar-refractivity contribution in [1.82, 2.24) is 5.32 Å². The molecule has 3 nitrogen and oxygen atoms in total. The number of thioether (sulfide) groups is 1. The minimum atomic E-state index is -4.62. The molecule has 0 spiro atoms. The zero-order valence-electron chi connectivity index (χ0n) is 12.8. The van der Waals surface area contributed by atoms with E-state index in [2.05, 4.69) is 10.3 Å². The normalized spacial score (nSPS) is 17.8. The molecule has 0 unspecified atom stereocenters. The van der Waals surface area contributed by atoms with Gasteiger partial charge >= 0.3 is 6.18 Å². The average molecular weight is 417 g/mol. The number of hydrogen-bond acceptors (Lipinski definition) is 3. The molecule has 2 aromatic rings. The first kappa shape index (κ1) is 18.8. The van der Waals surface area contributed by atoms with E-state index in [4.69, 9.17) is 23.2 Å². The topological polar surface area (TPSA) is 41.5 Å². The molecule has 0 atom stereocenters. The number of carbonyl (C=O) groups excluding carboxylic acids is 1. The lowest BCUT2D eigenvalue weighted by atomic mass is 10.2. The van der Waals surface area contributed by atoms with Gasteiger partial charge in [-0.25, -0.2) is 4.99 Å². The van der Waals surface area contributed by atoms with Crippen molar-refractivity contribution in [1.29, 1.82) is 0 Å². The molecule has 1 saturated heterocycles. The Bertz CT molecular complexity index is 942. The summed E-state index contributed by atoms with van der Waals surface area (Å²) in [7, 11) is 0. The third kappa shape index (κ3) is 4.23. The van der Waals surface area contributed by atoms with Crippen LogP contribution in [0, 0.1) is 0 Å². The van der Waals surface area contributed by atoms with Crippen molar-refractivity contribution in [2.75, 3.05) is 0 Å². The molecule has 1 aliphatic heterocycles. The van der Waals surface area contributed by atoms with Gasteiger partial charge in [-0.15, -0.1) is 0 Å². The number of hydrogen-bond donors (Lipinski definition) is 1. The number of alkyl halides is 3. The van der Waals surface area contributed by atoms with Gasteiger partial charge in [-0.3, -0.25) is 4.79 Å². The van der Waals surface area contributed by atoms with Crippen LogP contribution >= 0.6 is 35.0 Å². The Morgan fingerprint density at radius 3 is 2.54 bits per heavy atom. The summed E-state index contributed by atoms with van der Waals surface area (Å²) in [5.74, 6) is -0.462. The molecule has 0 aliphatic carbocycles. The molecule has 134 valence electrons. The summed E-state index contributed by atoms with van der Waals surface area (Å²) in [6.45, 7) is 0. The molecule has 1 heterocycles. The minimum Gasteiger partial charge on any atom is -0.300 e. The largest absolute Gasteiger partial charge is 0.418 e. The predicted octanol–water partition coefficient (Wildman–Crippen LogP) is 5.90. The van der Waals surface area contributed by atoms with E-state index in [9.17, 15) is 18.0 Å². The van der Waals surface area contributed by atoms with Gasteiger partial charge in [0.2, 0.25) is 0 Å². The summed E-state index contributed by atoms with van der Waals surface area (Å²) in [6, 6.07) is 10.1.